The minimum Gasteiger partial charge on any atom is -0.387 e. The summed E-state index contributed by atoms with van der Waals surface area (Å²) in [6.45, 7) is -0.689. The Morgan fingerprint density at radius 2 is 1.91 bits per heavy atom. The first-order valence-electron chi connectivity index (χ1n) is 12.5. The van der Waals surface area contributed by atoms with E-state index < -0.39 is 48.0 Å². The average Bonchev–Trinajstić information content (AvgIpc) is 3.52. The lowest BCUT2D eigenvalue weighted by atomic mass is 10.1. The van der Waals surface area contributed by atoms with Gasteiger partial charge in [-0.05, 0) is 25.0 Å². The fourth-order valence-corrected chi connectivity index (χ4v) is 7.29. The van der Waals surface area contributed by atoms with Gasteiger partial charge in [0.1, 0.15) is 6.23 Å². The van der Waals surface area contributed by atoms with Crippen molar-refractivity contribution in [2.75, 3.05) is 31.2 Å². The zero-order chi connectivity index (χ0) is 32.3. The summed E-state index contributed by atoms with van der Waals surface area (Å²) in [4.78, 5) is 68.1. The summed E-state index contributed by atoms with van der Waals surface area (Å²) >= 11 is 0. The van der Waals surface area contributed by atoms with E-state index in [0.717, 1.165) is 0 Å². The van der Waals surface area contributed by atoms with Crippen molar-refractivity contribution in [2.45, 2.75) is 25.2 Å². The van der Waals surface area contributed by atoms with E-state index in [4.69, 9.17) is 20.3 Å². The number of nitrogens with two attached hydrogens (primary N) is 1. The summed E-state index contributed by atoms with van der Waals surface area (Å²) in [5.41, 5.74) is 6.59. The fourth-order valence-electron chi connectivity index (χ4n) is 4.24. The number of phosphoric acid groups is 3. The van der Waals surface area contributed by atoms with Crippen LogP contribution in [0.25, 0.3) is 11.0 Å². The lowest BCUT2D eigenvalue weighted by Crippen LogP contribution is -2.24. The largest absolute Gasteiger partial charge is 0.490 e. The van der Waals surface area contributed by atoms with Crippen LogP contribution in [0.5, 0.6) is 0 Å². The number of carbonyl (C=O) groups excluding carboxylic acids is 1. The van der Waals surface area contributed by atoms with Gasteiger partial charge in [-0.3, -0.25) is 19.1 Å². The third kappa shape index (κ3) is 8.63. The van der Waals surface area contributed by atoms with Gasteiger partial charge in [-0.1, -0.05) is 24.0 Å². The molecular formula is C22H27N6O13P3. The number of para-hydroxylation sites is 1. The second-order valence-electron chi connectivity index (χ2n) is 9.06. The van der Waals surface area contributed by atoms with Gasteiger partial charge in [0.2, 0.25) is 5.95 Å². The number of ether oxygens (including phenoxy) is 1. The van der Waals surface area contributed by atoms with Crippen LogP contribution in [0.1, 0.15) is 35.0 Å². The minimum atomic E-state index is -5.67. The molecule has 1 aliphatic heterocycles. The molecule has 1 fully saturated rings. The lowest BCUT2D eigenvalue weighted by molar-refractivity contribution is -0.0202. The van der Waals surface area contributed by atoms with Gasteiger partial charge in [0.15, 0.2) is 5.65 Å². The van der Waals surface area contributed by atoms with Crippen molar-refractivity contribution in [1.29, 1.82) is 0 Å². The van der Waals surface area contributed by atoms with Gasteiger partial charge < -0.3 is 45.2 Å². The number of amides is 1. The van der Waals surface area contributed by atoms with E-state index in [1.54, 1.807) is 31.3 Å². The number of anilines is 2. The van der Waals surface area contributed by atoms with E-state index in [0.29, 0.717) is 11.3 Å². The number of rotatable bonds is 11. The molecule has 238 valence electrons. The molecule has 3 heterocycles. The summed E-state index contributed by atoms with van der Waals surface area (Å²) in [6, 6.07) is 6.90. The quantitative estimate of drug-likeness (QED) is 0.104. The maximum atomic E-state index is 12.8. The highest BCUT2D eigenvalue weighted by atomic mass is 31.3. The maximum absolute atomic E-state index is 12.8. The molecule has 9 N–H and O–H groups in total. The Morgan fingerprint density at radius 3 is 2.61 bits per heavy atom. The SMILES string of the molecule is CNc1ccccc1C(=O)NCC#Cc1cn([C@H]2CC[C@@H](COP(=O)(O)OP(=O)(O)OP(=O)(O)O)O2)c2nc(N)[nH]c(=O)c12. The van der Waals surface area contributed by atoms with Crippen LogP contribution in [0.2, 0.25) is 0 Å². The highest BCUT2D eigenvalue weighted by Gasteiger charge is 2.41. The van der Waals surface area contributed by atoms with E-state index >= 15 is 0 Å². The molecule has 3 aromatic rings. The monoisotopic (exact) mass is 676 g/mol. The smallest absolute Gasteiger partial charge is 0.387 e. The fraction of sp³-hybridized carbons (Fsp3) is 0.318. The number of nitrogens with zero attached hydrogens (tertiary/aromatic N) is 2. The molecule has 0 spiro atoms. The van der Waals surface area contributed by atoms with Crippen LogP contribution in [0.15, 0.2) is 35.3 Å². The second kappa shape index (κ2) is 13.3. The second-order valence-corrected chi connectivity index (χ2v) is 13.5. The molecule has 1 amide bonds. The number of carbonyl (C=O) groups is 1. The molecule has 2 aromatic heterocycles. The average molecular weight is 676 g/mol. The number of nitrogen functional groups attached to an aromatic ring is 1. The summed E-state index contributed by atoms with van der Waals surface area (Å²) in [5.74, 6) is 5.09. The Labute approximate surface area is 248 Å². The van der Waals surface area contributed by atoms with Crippen molar-refractivity contribution in [1.82, 2.24) is 19.9 Å². The molecule has 1 aromatic carbocycles. The molecule has 2 unspecified atom stereocenters. The van der Waals surface area contributed by atoms with Crippen molar-refractivity contribution in [3.63, 3.8) is 0 Å². The number of H-pyrrole nitrogens is 1. The molecule has 1 saturated heterocycles. The molecule has 4 atom stereocenters. The number of nitrogens with one attached hydrogen (secondary N) is 3. The molecule has 0 radical (unpaired) electrons. The van der Waals surface area contributed by atoms with Crippen molar-refractivity contribution in [3.05, 3.63) is 51.9 Å². The van der Waals surface area contributed by atoms with Crippen molar-refractivity contribution < 1.29 is 55.9 Å². The van der Waals surface area contributed by atoms with Crippen LogP contribution in [-0.2, 0) is 31.6 Å². The van der Waals surface area contributed by atoms with Gasteiger partial charge in [-0.25, -0.2) is 13.7 Å². The summed E-state index contributed by atoms with van der Waals surface area (Å²) < 4.78 is 53.7. The molecule has 19 nitrogen and oxygen atoms in total. The van der Waals surface area contributed by atoms with Crippen molar-refractivity contribution >= 4 is 52.0 Å². The van der Waals surface area contributed by atoms with Crippen LogP contribution in [-0.4, -0.2) is 66.3 Å². The van der Waals surface area contributed by atoms with Gasteiger partial charge in [-0.15, -0.1) is 0 Å². The third-order valence-electron chi connectivity index (χ3n) is 5.94. The summed E-state index contributed by atoms with van der Waals surface area (Å²) in [7, 11) is -14.8. The highest BCUT2D eigenvalue weighted by Crippen LogP contribution is 2.66. The molecular weight excluding hydrogens is 649 g/mol. The Hall–Kier alpha value is -3.36. The van der Waals surface area contributed by atoms with Gasteiger partial charge >= 0.3 is 23.5 Å². The van der Waals surface area contributed by atoms with Crippen LogP contribution in [0, 0.1) is 11.8 Å². The Balaban J connectivity index is 1.46. The van der Waals surface area contributed by atoms with E-state index in [2.05, 4.69) is 45.6 Å². The third-order valence-corrected chi connectivity index (χ3v) is 9.74. The molecule has 1 aliphatic rings. The zero-order valence-electron chi connectivity index (χ0n) is 22.6. The predicted octanol–water partition coefficient (Wildman–Crippen LogP) is 1.15. The van der Waals surface area contributed by atoms with E-state index in [1.807, 2.05) is 0 Å². The van der Waals surface area contributed by atoms with E-state index in [-0.39, 0.29) is 47.8 Å². The number of phosphoric ester groups is 1. The van der Waals surface area contributed by atoms with Crippen molar-refractivity contribution in [3.8, 4) is 11.8 Å². The van der Waals surface area contributed by atoms with Gasteiger partial charge in [-0.2, -0.15) is 13.6 Å². The minimum absolute atomic E-state index is 0.0491. The van der Waals surface area contributed by atoms with E-state index in [1.165, 1.54) is 10.8 Å². The first kappa shape index (κ1) is 33.5. The molecule has 0 bridgehead atoms. The van der Waals surface area contributed by atoms with Crippen LogP contribution in [0.3, 0.4) is 0 Å². The molecule has 44 heavy (non-hydrogen) atoms. The Morgan fingerprint density at radius 1 is 1.18 bits per heavy atom. The van der Waals surface area contributed by atoms with E-state index in [9.17, 15) is 33.1 Å². The van der Waals surface area contributed by atoms with Crippen LogP contribution in [0.4, 0.5) is 11.6 Å². The predicted molar refractivity (Wildman–Crippen MR) is 153 cm³/mol. The number of benzene rings is 1. The standard InChI is InChI=1S/C22H27N6O13P3/c1-24-16-7-3-2-6-15(16)20(29)25-10-4-5-13-11-28(19-18(13)21(30)27-22(23)26-19)17-9-8-14(39-17)12-38-43(34,35)41-44(36,37)40-42(31,32)33/h2-3,6-7,11,14,17,24H,8-10,12H2,1H3,(H,25,29)(H,34,35)(H,36,37)(H2,31,32,33)(H3,23,26,27,30)/t14-,17+/m0/s1. The molecule has 0 saturated carbocycles. The normalized spacial score (nSPS) is 19.5. The highest BCUT2D eigenvalue weighted by molar-refractivity contribution is 7.66. The molecule has 4 rings (SSSR count). The first-order valence-corrected chi connectivity index (χ1v) is 17.0. The number of hydrogen-bond donors (Lipinski definition) is 8. The Kier molecular flexibility index (Phi) is 10.2. The van der Waals surface area contributed by atoms with Gasteiger partial charge in [0, 0.05) is 18.9 Å². The Bertz CT molecular complexity index is 1830. The van der Waals surface area contributed by atoms with Crippen LogP contribution < -0.4 is 21.9 Å². The molecule has 0 aliphatic carbocycles. The lowest BCUT2D eigenvalue weighted by Gasteiger charge is -2.19. The summed E-state index contributed by atoms with van der Waals surface area (Å²) in [6.07, 6.45) is 0.365. The summed E-state index contributed by atoms with van der Waals surface area (Å²) in [5, 5.41) is 5.71. The number of hydrogen-bond acceptors (Lipinski definition) is 12. The van der Waals surface area contributed by atoms with Gasteiger partial charge in [0.25, 0.3) is 11.5 Å². The first-order chi connectivity index (χ1) is 20.6. The number of fused-ring (bicyclic) bond motifs is 1. The topological polar surface area (TPSA) is 287 Å². The molecule has 22 heteroatoms. The van der Waals surface area contributed by atoms with Crippen molar-refractivity contribution in [2.24, 2.45) is 0 Å². The number of aromatic amines is 1. The maximum Gasteiger partial charge on any atom is 0.490 e. The zero-order valence-corrected chi connectivity index (χ0v) is 25.3. The van der Waals surface area contributed by atoms with Crippen LogP contribution >= 0.6 is 23.5 Å². The number of aromatic nitrogens is 3. The van der Waals surface area contributed by atoms with Gasteiger partial charge in [0.05, 0.1) is 35.8 Å².